The monoisotopic (exact) mass is 388 g/mol. The molecule has 0 spiro atoms. The minimum Gasteiger partial charge on any atom is -0.790 e. The van der Waals surface area contributed by atoms with Crippen LogP contribution in [0.25, 0.3) is 0 Å². The van der Waals surface area contributed by atoms with Crippen molar-refractivity contribution in [3.63, 3.8) is 0 Å². The van der Waals surface area contributed by atoms with Gasteiger partial charge in [0.05, 0.1) is 23.5 Å². The van der Waals surface area contributed by atoms with Crippen LogP contribution in [0.3, 0.4) is 0 Å². The maximum Gasteiger partial charge on any atom is 5.00 e. The number of phosphoric acid groups is 3. The maximum atomic E-state index is 9.25. The van der Waals surface area contributed by atoms with Gasteiger partial charge in [0, 0.05) is 21.3 Å². The van der Waals surface area contributed by atoms with Gasteiger partial charge in [-0.05, 0) is 0 Å². The number of hydrogen-bond donors (Lipinski definition) is 0. The van der Waals surface area contributed by atoms with Crippen LogP contribution in [0.5, 0.6) is 0 Å². The van der Waals surface area contributed by atoms with E-state index >= 15 is 0 Å². The van der Waals surface area contributed by atoms with Crippen molar-refractivity contribution in [3.05, 3.63) is 0 Å². The molecule has 0 saturated carbocycles. The van der Waals surface area contributed by atoms with Gasteiger partial charge in [0.15, 0.2) is 0 Å². The average molecular weight is 388 g/mol. The normalized spacial score (nSPS) is 10.7. The van der Waals surface area contributed by atoms with Gasteiger partial charge in [-0.15, -0.1) is 0 Å². The molecule has 0 radical (unpaired) electrons. The first-order valence-electron chi connectivity index (χ1n) is 3.42. The second-order valence-electron chi connectivity index (χ2n) is 1.89. The third-order valence-corrected chi connectivity index (χ3v) is 2.01. The second-order valence-corrected chi connectivity index (χ2v) is 5.67. The van der Waals surface area contributed by atoms with Crippen molar-refractivity contribution in [1.82, 2.24) is 0 Å². The van der Waals surface area contributed by atoms with Crippen LogP contribution in [-0.2, 0) is 45.8 Å². The predicted octanol–water partition coefficient (Wildman–Crippen LogP) is -7.61. The molecule has 0 rings (SSSR count). The van der Waals surface area contributed by atoms with Crippen molar-refractivity contribution >= 4 is 23.5 Å². The van der Waals surface area contributed by atoms with Crippen LogP contribution < -0.4 is 48.2 Å². The van der Waals surface area contributed by atoms with Crippen LogP contribution in [0, 0.1) is 0 Å². The predicted molar refractivity (Wildman–Crippen MR) is 43.8 cm³/mol. The van der Waals surface area contributed by atoms with E-state index in [9.17, 15) is 43.1 Å². The van der Waals surface area contributed by atoms with Crippen molar-refractivity contribution < 1.29 is 94.0 Å². The Hall–Kier alpha value is 1.51. The van der Waals surface area contributed by atoms with E-state index in [1.165, 1.54) is 0 Å². The molecule has 0 aliphatic heterocycles. The molecule has 0 aliphatic rings. The fourth-order valence-electron chi connectivity index (χ4n) is 0. The van der Waals surface area contributed by atoms with Crippen LogP contribution in [0.1, 0.15) is 0 Å². The molecular formula is C3H9LiO12P3V. The van der Waals surface area contributed by atoms with Crippen LogP contribution in [0.4, 0.5) is 0 Å². The molecule has 17 heteroatoms. The summed E-state index contributed by atoms with van der Waals surface area (Å²) in [7, 11) is -11.5. The smallest absolute Gasteiger partial charge is 0.790 e. The molecule has 0 fully saturated rings. The summed E-state index contributed by atoms with van der Waals surface area (Å²) in [6.45, 7) is 0. The molecule has 0 saturated heterocycles. The summed E-state index contributed by atoms with van der Waals surface area (Å²) in [6.07, 6.45) is 0. The molecule has 20 heavy (non-hydrogen) atoms. The molecule has 0 bridgehead atoms. The Morgan fingerprint density at radius 2 is 0.650 bits per heavy atom. The first-order chi connectivity index (χ1) is 7.68. The fraction of sp³-hybridized carbons (Fsp3) is 1.00. The molecule has 114 valence electrons. The van der Waals surface area contributed by atoms with Gasteiger partial charge >= 0.3 is 37.4 Å². The summed E-state index contributed by atoms with van der Waals surface area (Å²) >= 11 is 0. The van der Waals surface area contributed by atoms with Gasteiger partial charge in [-0.3, -0.25) is 0 Å². The molecule has 12 nitrogen and oxygen atoms in total. The largest absolute Gasteiger partial charge is 5.00 e. The van der Waals surface area contributed by atoms with Gasteiger partial charge in [0.1, 0.15) is 0 Å². The summed E-state index contributed by atoms with van der Waals surface area (Å²) in [5.41, 5.74) is 0. The van der Waals surface area contributed by atoms with Crippen LogP contribution in [-0.4, -0.2) is 21.3 Å². The average Bonchev–Trinajstić information content (AvgIpc) is 2.16. The number of phosphoric ester groups is 3. The van der Waals surface area contributed by atoms with Crippen LogP contribution in [0.15, 0.2) is 0 Å². The fourth-order valence-corrected chi connectivity index (χ4v) is 0. The summed E-state index contributed by atoms with van der Waals surface area (Å²) < 4.78 is 37.9. The maximum absolute atomic E-state index is 9.25. The van der Waals surface area contributed by atoms with E-state index in [-0.39, 0.29) is 37.4 Å². The minimum atomic E-state index is -4.65. The number of rotatable bonds is 3. The van der Waals surface area contributed by atoms with Crippen molar-refractivity contribution in [2.75, 3.05) is 21.3 Å². The zero-order valence-corrected chi connectivity index (χ0v) is 14.8. The Balaban J connectivity index is -0.0000000536. The SMILES string of the molecule is COP(=O)([O-])[O-].COP(=O)([O-])[O-].COP(=O)([O-])[O-].[Li+].[V+5]. The summed E-state index contributed by atoms with van der Waals surface area (Å²) in [4.78, 5) is 55.5. The van der Waals surface area contributed by atoms with Gasteiger partial charge < -0.3 is 56.6 Å². The van der Waals surface area contributed by atoms with E-state index in [2.05, 4.69) is 13.6 Å². The molecule has 0 unspecified atom stereocenters. The van der Waals surface area contributed by atoms with E-state index in [0.29, 0.717) is 0 Å². The van der Waals surface area contributed by atoms with Crippen LogP contribution >= 0.6 is 23.5 Å². The van der Waals surface area contributed by atoms with Crippen molar-refractivity contribution in [3.8, 4) is 0 Å². The van der Waals surface area contributed by atoms with Gasteiger partial charge in [-0.2, -0.15) is 0 Å². The van der Waals surface area contributed by atoms with Crippen molar-refractivity contribution in [2.45, 2.75) is 0 Å². The quantitative estimate of drug-likeness (QED) is 0.325. The first kappa shape index (κ1) is 33.2. The minimum absolute atomic E-state index is 0. The third kappa shape index (κ3) is 60.5. The molecule has 0 aromatic rings. The van der Waals surface area contributed by atoms with Gasteiger partial charge in [0.25, 0.3) is 0 Å². The molecule has 0 N–H and O–H groups in total. The van der Waals surface area contributed by atoms with E-state index in [1.54, 1.807) is 0 Å². The Kier molecular flexibility index (Phi) is 25.6. The van der Waals surface area contributed by atoms with Gasteiger partial charge in [-0.25, -0.2) is 0 Å². The summed E-state index contributed by atoms with van der Waals surface area (Å²) in [6, 6.07) is 0. The van der Waals surface area contributed by atoms with E-state index in [4.69, 9.17) is 0 Å². The van der Waals surface area contributed by atoms with Gasteiger partial charge in [0.2, 0.25) is 0 Å². The molecule has 0 heterocycles. The van der Waals surface area contributed by atoms with E-state index in [0.717, 1.165) is 21.3 Å². The second kappa shape index (κ2) is 15.4. The molecule has 0 aromatic carbocycles. The summed E-state index contributed by atoms with van der Waals surface area (Å²) in [5, 5.41) is 0. The first-order valence-corrected chi connectivity index (χ1v) is 7.80. The van der Waals surface area contributed by atoms with Crippen LogP contribution in [0.2, 0.25) is 0 Å². The summed E-state index contributed by atoms with van der Waals surface area (Å²) in [5.74, 6) is 0. The van der Waals surface area contributed by atoms with E-state index < -0.39 is 23.5 Å². The molecular weight excluding hydrogens is 379 g/mol. The Morgan fingerprint density at radius 1 is 0.600 bits per heavy atom. The molecule has 0 amide bonds. The van der Waals surface area contributed by atoms with Crippen molar-refractivity contribution in [2.24, 2.45) is 0 Å². The van der Waals surface area contributed by atoms with Gasteiger partial charge in [-0.1, -0.05) is 0 Å². The molecule has 0 aliphatic carbocycles. The standard InChI is InChI=1S/3CH5O4P.Li.V/c3*1-5-6(2,3)4;;/h3*1H3,(H2,2,3,4);;/q;;;+1;+5/p-6. The zero-order valence-electron chi connectivity index (χ0n) is 10.7. The van der Waals surface area contributed by atoms with Crippen molar-refractivity contribution in [1.29, 1.82) is 0 Å². The topological polar surface area (TPSA) is 217 Å². The number of hydrogen-bond acceptors (Lipinski definition) is 12. The Bertz CT molecular complexity index is 279. The third-order valence-electron chi connectivity index (χ3n) is 0.671. The van der Waals surface area contributed by atoms with E-state index in [1.807, 2.05) is 0 Å². The molecule has 0 aromatic heterocycles. The molecule has 0 atom stereocenters. The Labute approximate surface area is 139 Å². The Morgan fingerprint density at radius 3 is 0.650 bits per heavy atom. The zero-order chi connectivity index (χ0) is 15.6.